The van der Waals surface area contributed by atoms with Crippen LogP contribution in [0.1, 0.15) is 12.7 Å². The molecule has 7 nitrogen and oxygen atoms in total. The van der Waals surface area contributed by atoms with Gasteiger partial charge in [0.15, 0.2) is 0 Å². The third-order valence-electron chi connectivity index (χ3n) is 1.97. The Bertz CT molecular complexity index is 349. The Morgan fingerprint density at radius 3 is 2.94 bits per heavy atom. The Morgan fingerprint density at radius 1 is 1.62 bits per heavy atom. The van der Waals surface area contributed by atoms with Gasteiger partial charge < -0.3 is 21.4 Å². The van der Waals surface area contributed by atoms with Crippen molar-refractivity contribution in [3.05, 3.63) is 18.2 Å². The molecule has 0 spiro atoms. The van der Waals surface area contributed by atoms with Crippen molar-refractivity contribution in [2.24, 2.45) is 5.73 Å². The van der Waals surface area contributed by atoms with E-state index in [1.54, 1.807) is 19.3 Å². The quantitative estimate of drug-likeness (QED) is 0.522. The number of primary amides is 1. The van der Waals surface area contributed by atoms with Crippen molar-refractivity contribution in [2.75, 3.05) is 6.54 Å². The molecular formula is C9H15N5O2. The Labute approximate surface area is 92.8 Å². The molecule has 0 aliphatic heterocycles. The summed E-state index contributed by atoms with van der Waals surface area (Å²) < 4.78 is 0. The number of carbonyl (C=O) groups is 2. The molecule has 7 heteroatoms. The number of hydrogen-bond donors (Lipinski definition) is 4. The first-order valence-corrected chi connectivity index (χ1v) is 4.91. The monoisotopic (exact) mass is 225 g/mol. The zero-order valence-corrected chi connectivity index (χ0v) is 8.99. The molecule has 1 aromatic heterocycles. The lowest BCUT2D eigenvalue weighted by Crippen LogP contribution is -2.47. The smallest absolute Gasteiger partial charge is 0.312 e. The number of nitrogens with two attached hydrogens (primary N) is 1. The van der Waals surface area contributed by atoms with Crippen LogP contribution >= 0.6 is 0 Å². The second kappa shape index (κ2) is 5.74. The maximum Gasteiger partial charge on any atom is 0.312 e. The molecule has 1 unspecified atom stereocenters. The van der Waals surface area contributed by atoms with E-state index in [2.05, 4.69) is 20.6 Å². The molecular weight excluding hydrogens is 210 g/mol. The first kappa shape index (κ1) is 12.0. The Balaban J connectivity index is 2.22. The lowest BCUT2D eigenvalue weighted by Gasteiger charge is -2.11. The molecule has 0 aromatic carbocycles. The van der Waals surface area contributed by atoms with Crippen LogP contribution in [-0.2, 0) is 11.2 Å². The number of rotatable bonds is 5. The van der Waals surface area contributed by atoms with E-state index in [1.165, 1.54) is 0 Å². The van der Waals surface area contributed by atoms with Crippen molar-refractivity contribution in [3.63, 3.8) is 0 Å². The maximum absolute atomic E-state index is 11.4. The second-order valence-electron chi connectivity index (χ2n) is 3.31. The number of carbonyl (C=O) groups excluding carboxylic acids is 2. The van der Waals surface area contributed by atoms with Crippen molar-refractivity contribution in [2.45, 2.75) is 19.4 Å². The summed E-state index contributed by atoms with van der Waals surface area (Å²) in [5.41, 5.74) is 4.89. The van der Waals surface area contributed by atoms with Gasteiger partial charge in [-0.25, -0.2) is 9.78 Å². The number of nitrogens with one attached hydrogen (secondary N) is 3. The van der Waals surface area contributed by atoms with Crippen LogP contribution in [0.25, 0.3) is 0 Å². The molecule has 5 N–H and O–H groups in total. The predicted octanol–water partition coefficient (Wildman–Crippen LogP) is -0.875. The van der Waals surface area contributed by atoms with E-state index >= 15 is 0 Å². The molecule has 1 heterocycles. The van der Waals surface area contributed by atoms with Gasteiger partial charge in [-0.15, -0.1) is 0 Å². The lowest BCUT2D eigenvalue weighted by atomic mass is 10.3. The molecule has 0 saturated heterocycles. The molecule has 0 aliphatic rings. The van der Waals surface area contributed by atoms with E-state index < -0.39 is 12.1 Å². The molecule has 1 atom stereocenters. The third kappa shape index (κ3) is 3.99. The maximum atomic E-state index is 11.4. The van der Waals surface area contributed by atoms with Crippen molar-refractivity contribution < 1.29 is 9.59 Å². The van der Waals surface area contributed by atoms with Gasteiger partial charge in [0.1, 0.15) is 11.9 Å². The van der Waals surface area contributed by atoms with Gasteiger partial charge in [-0.05, 0) is 6.92 Å². The Hall–Kier alpha value is -2.05. The number of nitrogens with zero attached hydrogens (tertiary/aromatic N) is 1. The molecule has 0 bridgehead atoms. The van der Waals surface area contributed by atoms with Crippen LogP contribution in [0.3, 0.4) is 0 Å². The molecule has 1 aromatic rings. The fraction of sp³-hybridized carbons (Fsp3) is 0.444. The minimum Gasteiger partial charge on any atom is -0.354 e. The van der Waals surface area contributed by atoms with Gasteiger partial charge in [-0.2, -0.15) is 0 Å². The van der Waals surface area contributed by atoms with Crippen LogP contribution in [0.15, 0.2) is 12.4 Å². The number of H-pyrrole nitrogens is 1. The summed E-state index contributed by atoms with van der Waals surface area (Å²) in [6.45, 7) is 2.02. The Morgan fingerprint density at radius 2 is 2.38 bits per heavy atom. The summed E-state index contributed by atoms with van der Waals surface area (Å²) >= 11 is 0. The van der Waals surface area contributed by atoms with Gasteiger partial charge in [0, 0.05) is 25.4 Å². The molecule has 16 heavy (non-hydrogen) atoms. The number of hydrogen-bond acceptors (Lipinski definition) is 3. The zero-order chi connectivity index (χ0) is 12.0. The first-order valence-electron chi connectivity index (χ1n) is 4.91. The summed E-state index contributed by atoms with van der Waals surface area (Å²) in [6, 6.07) is -1.34. The lowest BCUT2D eigenvalue weighted by molar-refractivity contribution is -0.122. The molecule has 0 saturated carbocycles. The highest BCUT2D eigenvalue weighted by Crippen LogP contribution is 1.89. The van der Waals surface area contributed by atoms with Gasteiger partial charge in [0.05, 0.1) is 0 Å². The number of aromatic amines is 1. The third-order valence-corrected chi connectivity index (χ3v) is 1.97. The first-order chi connectivity index (χ1) is 7.59. The number of amides is 3. The minimum absolute atomic E-state index is 0.273. The van der Waals surface area contributed by atoms with E-state index in [-0.39, 0.29) is 5.91 Å². The molecule has 88 valence electrons. The topological polar surface area (TPSA) is 113 Å². The van der Waals surface area contributed by atoms with E-state index in [0.717, 1.165) is 5.82 Å². The number of imidazole rings is 1. The summed E-state index contributed by atoms with van der Waals surface area (Å²) in [6.07, 6.45) is 3.98. The molecule has 0 aliphatic carbocycles. The fourth-order valence-corrected chi connectivity index (χ4v) is 1.17. The van der Waals surface area contributed by atoms with Crippen molar-refractivity contribution >= 4 is 11.9 Å². The van der Waals surface area contributed by atoms with Crippen LogP contribution in [0.5, 0.6) is 0 Å². The summed E-state index contributed by atoms with van der Waals surface area (Å²) in [5, 5.41) is 4.95. The Kier molecular flexibility index (Phi) is 4.31. The molecule has 3 amide bonds. The zero-order valence-electron chi connectivity index (χ0n) is 8.99. The standard InChI is InChI=1S/C9H15N5O2/c1-6(14-9(10)16)8(15)13-3-2-7-11-4-5-12-7/h4-6H,2-3H2,1H3,(H,11,12)(H,13,15)(H3,10,14,16). The van der Waals surface area contributed by atoms with Gasteiger partial charge in [-0.3, -0.25) is 4.79 Å². The second-order valence-corrected chi connectivity index (χ2v) is 3.31. The fourth-order valence-electron chi connectivity index (χ4n) is 1.17. The number of urea groups is 1. The highest BCUT2D eigenvalue weighted by Gasteiger charge is 2.12. The van der Waals surface area contributed by atoms with Crippen LogP contribution in [0.4, 0.5) is 4.79 Å². The van der Waals surface area contributed by atoms with Crippen LogP contribution in [-0.4, -0.2) is 34.5 Å². The minimum atomic E-state index is -0.714. The molecule has 0 radical (unpaired) electrons. The molecule has 1 rings (SSSR count). The molecule has 0 fully saturated rings. The van der Waals surface area contributed by atoms with E-state index in [1.807, 2.05) is 0 Å². The highest BCUT2D eigenvalue weighted by molar-refractivity contribution is 5.86. The van der Waals surface area contributed by atoms with Gasteiger partial charge >= 0.3 is 6.03 Å². The highest BCUT2D eigenvalue weighted by atomic mass is 16.2. The summed E-state index contributed by atoms with van der Waals surface area (Å²) in [7, 11) is 0. The van der Waals surface area contributed by atoms with Crippen LogP contribution in [0, 0.1) is 0 Å². The van der Waals surface area contributed by atoms with E-state index in [0.29, 0.717) is 13.0 Å². The van der Waals surface area contributed by atoms with Gasteiger partial charge in [-0.1, -0.05) is 0 Å². The van der Waals surface area contributed by atoms with Crippen LogP contribution < -0.4 is 16.4 Å². The predicted molar refractivity (Wildman–Crippen MR) is 57.5 cm³/mol. The summed E-state index contributed by atoms with van der Waals surface area (Å²) in [4.78, 5) is 28.8. The van der Waals surface area contributed by atoms with Gasteiger partial charge in [0.2, 0.25) is 5.91 Å². The van der Waals surface area contributed by atoms with Gasteiger partial charge in [0.25, 0.3) is 0 Å². The van der Waals surface area contributed by atoms with E-state index in [9.17, 15) is 9.59 Å². The van der Waals surface area contributed by atoms with Crippen LogP contribution in [0.2, 0.25) is 0 Å². The van der Waals surface area contributed by atoms with Crippen molar-refractivity contribution in [3.8, 4) is 0 Å². The normalized spacial score (nSPS) is 11.8. The average Bonchev–Trinajstić information content (AvgIpc) is 2.69. The largest absolute Gasteiger partial charge is 0.354 e. The van der Waals surface area contributed by atoms with Crippen molar-refractivity contribution in [1.82, 2.24) is 20.6 Å². The summed E-state index contributed by atoms with van der Waals surface area (Å²) in [5.74, 6) is 0.529. The van der Waals surface area contributed by atoms with Crippen molar-refractivity contribution in [1.29, 1.82) is 0 Å². The number of aromatic nitrogens is 2. The average molecular weight is 225 g/mol. The SMILES string of the molecule is CC(NC(N)=O)C(=O)NCCc1ncc[nH]1. The van der Waals surface area contributed by atoms with E-state index in [4.69, 9.17) is 5.73 Å².